The van der Waals surface area contributed by atoms with Gasteiger partial charge in [-0.05, 0) is 6.07 Å². The molecule has 0 aliphatic heterocycles. The van der Waals surface area contributed by atoms with Crippen LogP contribution in [0.15, 0.2) is 18.6 Å². The molecule has 0 radical (unpaired) electrons. The third-order valence-corrected chi connectivity index (χ3v) is 2.23. The third-order valence-electron chi connectivity index (χ3n) is 2.03. The Bertz CT molecular complexity index is 526. The first-order valence-electron chi connectivity index (χ1n) is 4.70. The number of aromatic amines is 1. The molecule has 2 aromatic heterocycles. The fourth-order valence-corrected chi connectivity index (χ4v) is 1.37. The van der Waals surface area contributed by atoms with Crippen molar-refractivity contribution in [3.05, 3.63) is 35.1 Å². The number of aromatic nitrogens is 4. The van der Waals surface area contributed by atoms with Gasteiger partial charge in [-0.2, -0.15) is 5.10 Å². The molecule has 17 heavy (non-hydrogen) atoms. The largest absolute Gasteiger partial charge is 0.397 e. The lowest BCUT2D eigenvalue weighted by atomic mass is 10.2. The second-order valence-electron chi connectivity index (χ2n) is 3.21. The number of hydrogen-bond acceptors (Lipinski definition) is 5. The van der Waals surface area contributed by atoms with E-state index in [1.165, 1.54) is 18.6 Å². The molecule has 8 heteroatoms. The van der Waals surface area contributed by atoms with Crippen molar-refractivity contribution >= 4 is 23.2 Å². The SMILES string of the molecule is Nc1cnc(Cl)cc1C(=O)NCc1ncn[nH]1. The van der Waals surface area contributed by atoms with Gasteiger partial charge in [-0.15, -0.1) is 0 Å². The Labute approximate surface area is 101 Å². The van der Waals surface area contributed by atoms with Crippen molar-refractivity contribution in [2.75, 3.05) is 5.73 Å². The Kier molecular flexibility index (Phi) is 3.20. The summed E-state index contributed by atoms with van der Waals surface area (Å²) in [7, 11) is 0. The van der Waals surface area contributed by atoms with Gasteiger partial charge in [0, 0.05) is 0 Å². The summed E-state index contributed by atoms with van der Waals surface area (Å²) < 4.78 is 0. The molecule has 1 amide bonds. The van der Waals surface area contributed by atoms with E-state index in [-0.39, 0.29) is 28.9 Å². The maximum Gasteiger partial charge on any atom is 0.253 e. The van der Waals surface area contributed by atoms with E-state index in [0.29, 0.717) is 5.82 Å². The molecular formula is C9H9ClN6O. The predicted octanol–water partition coefficient (Wildman–Crippen LogP) is 0.365. The highest BCUT2D eigenvalue weighted by Gasteiger charge is 2.11. The zero-order valence-corrected chi connectivity index (χ0v) is 9.40. The van der Waals surface area contributed by atoms with E-state index in [1.807, 2.05) is 0 Å². The molecule has 0 aromatic carbocycles. The molecule has 0 aliphatic rings. The van der Waals surface area contributed by atoms with Crippen LogP contribution in [0.25, 0.3) is 0 Å². The van der Waals surface area contributed by atoms with Gasteiger partial charge >= 0.3 is 0 Å². The Morgan fingerprint density at radius 3 is 3.06 bits per heavy atom. The standard InChI is InChI=1S/C9H9ClN6O/c10-7-1-5(6(11)2-12-7)9(17)13-3-8-14-4-15-16-8/h1-2,4H,3,11H2,(H,13,17)(H,14,15,16). The number of amides is 1. The van der Waals surface area contributed by atoms with Crippen LogP contribution in [0.1, 0.15) is 16.2 Å². The molecule has 0 saturated heterocycles. The molecule has 0 aliphatic carbocycles. The van der Waals surface area contributed by atoms with Crippen molar-refractivity contribution in [3.8, 4) is 0 Å². The molecule has 0 atom stereocenters. The third kappa shape index (κ3) is 2.70. The highest BCUT2D eigenvalue weighted by molar-refractivity contribution is 6.29. The van der Waals surface area contributed by atoms with E-state index < -0.39 is 0 Å². The summed E-state index contributed by atoms with van der Waals surface area (Å²) >= 11 is 5.69. The number of carbonyl (C=O) groups is 1. The second kappa shape index (κ2) is 4.79. The molecule has 0 bridgehead atoms. The minimum atomic E-state index is -0.344. The molecule has 7 nitrogen and oxygen atoms in total. The Morgan fingerprint density at radius 2 is 2.35 bits per heavy atom. The quantitative estimate of drug-likeness (QED) is 0.684. The summed E-state index contributed by atoms with van der Waals surface area (Å²) in [5.41, 5.74) is 6.17. The first-order valence-corrected chi connectivity index (χ1v) is 5.08. The average molecular weight is 253 g/mol. The van der Waals surface area contributed by atoms with Crippen molar-refractivity contribution in [1.29, 1.82) is 0 Å². The molecule has 2 rings (SSSR count). The highest BCUT2D eigenvalue weighted by Crippen LogP contribution is 2.14. The first-order chi connectivity index (χ1) is 8.16. The Hall–Kier alpha value is -2.15. The summed E-state index contributed by atoms with van der Waals surface area (Å²) in [6, 6.07) is 1.41. The van der Waals surface area contributed by atoms with Crippen LogP contribution < -0.4 is 11.1 Å². The lowest BCUT2D eigenvalue weighted by Crippen LogP contribution is -2.24. The molecule has 0 spiro atoms. The van der Waals surface area contributed by atoms with Crippen LogP contribution in [-0.4, -0.2) is 26.1 Å². The van der Waals surface area contributed by atoms with E-state index >= 15 is 0 Å². The lowest BCUT2D eigenvalue weighted by Gasteiger charge is -2.05. The van der Waals surface area contributed by atoms with Crippen LogP contribution in [0, 0.1) is 0 Å². The van der Waals surface area contributed by atoms with Crippen molar-refractivity contribution in [2.45, 2.75) is 6.54 Å². The van der Waals surface area contributed by atoms with Crippen molar-refractivity contribution < 1.29 is 4.79 Å². The maximum absolute atomic E-state index is 11.8. The second-order valence-corrected chi connectivity index (χ2v) is 3.60. The monoisotopic (exact) mass is 252 g/mol. The number of nitrogen functional groups attached to an aromatic ring is 1. The molecule has 0 saturated carbocycles. The summed E-state index contributed by atoms with van der Waals surface area (Å²) in [5, 5.41) is 9.13. The fraction of sp³-hybridized carbons (Fsp3) is 0.111. The van der Waals surface area contributed by atoms with E-state index in [4.69, 9.17) is 17.3 Å². The zero-order valence-electron chi connectivity index (χ0n) is 8.64. The number of nitrogens with two attached hydrogens (primary N) is 1. The highest BCUT2D eigenvalue weighted by atomic mass is 35.5. The van der Waals surface area contributed by atoms with Crippen LogP contribution in [-0.2, 0) is 6.54 Å². The number of nitrogens with zero attached hydrogens (tertiary/aromatic N) is 3. The molecule has 2 heterocycles. The number of H-pyrrole nitrogens is 1. The smallest absolute Gasteiger partial charge is 0.253 e. The lowest BCUT2D eigenvalue weighted by molar-refractivity contribution is 0.0950. The van der Waals surface area contributed by atoms with E-state index in [2.05, 4.69) is 25.5 Å². The van der Waals surface area contributed by atoms with Crippen LogP contribution in [0.3, 0.4) is 0 Å². The van der Waals surface area contributed by atoms with E-state index in [9.17, 15) is 4.79 Å². The molecule has 2 aromatic rings. The van der Waals surface area contributed by atoms with Gasteiger partial charge in [0.15, 0.2) is 0 Å². The maximum atomic E-state index is 11.8. The summed E-state index contributed by atoms with van der Waals surface area (Å²) in [6.45, 7) is 0.234. The van der Waals surface area contributed by atoms with E-state index in [0.717, 1.165) is 0 Å². The van der Waals surface area contributed by atoms with Crippen molar-refractivity contribution in [1.82, 2.24) is 25.5 Å². The Balaban J connectivity index is 2.07. The van der Waals surface area contributed by atoms with Gasteiger partial charge in [0.1, 0.15) is 17.3 Å². The summed E-state index contributed by atoms with van der Waals surface area (Å²) in [6.07, 6.45) is 2.70. The number of anilines is 1. The minimum absolute atomic E-state index is 0.212. The fourth-order valence-electron chi connectivity index (χ4n) is 1.21. The molecular weight excluding hydrogens is 244 g/mol. The minimum Gasteiger partial charge on any atom is -0.397 e. The number of rotatable bonds is 3. The van der Waals surface area contributed by atoms with Gasteiger partial charge in [-0.3, -0.25) is 9.89 Å². The van der Waals surface area contributed by atoms with Crippen molar-refractivity contribution in [2.24, 2.45) is 0 Å². The number of hydrogen-bond donors (Lipinski definition) is 3. The van der Waals surface area contributed by atoms with Gasteiger partial charge in [0.2, 0.25) is 0 Å². The van der Waals surface area contributed by atoms with Gasteiger partial charge in [0.05, 0.1) is 24.0 Å². The summed E-state index contributed by atoms with van der Waals surface area (Å²) in [5.74, 6) is 0.209. The van der Waals surface area contributed by atoms with Gasteiger partial charge in [-0.1, -0.05) is 11.6 Å². The number of halogens is 1. The van der Waals surface area contributed by atoms with Gasteiger partial charge in [0.25, 0.3) is 5.91 Å². The number of pyridine rings is 1. The predicted molar refractivity (Wildman–Crippen MR) is 61.2 cm³/mol. The molecule has 0 fully saturated rings. The first kappa shape index (κ1) is 11.3. The van der Waals surface area contributed by atoms with E-state index in [1.54, 1.807) is 0 Å². The average Bonchev–Trinajstić information content (AvgIpc) is 2.82. The normalized spacial score (nSPS) is 10.2. The number of nitrogens with one attached hydrogen (secondary N) is 2. The Morgan fingerprint density at radius 1 is 1.53 bits per heavy atom. The molecule has 88 valence electrons. The van der Waals surface area contributed by atoms with Crippen LogP contribution in [0.2, 0.25) is 5.15 Å². The van der Waals surface area contributed by atoms with Crippen molar-refractivity contribution in [3.63, 3.8) is 0 Å². The van der Waals surface area contributed by atoms with Crippen LogP contribution >= 0.6 is 11.6 Å². The van der Waals surface area contributed by atoms with Gasteiger partial charge in [-0.25, -0.2) is 9.97 Å². The molecule has 0 unspecified atom stereocenters. The summed E-state index contributed by atoms with van der Waals surface area (Å²) in [4.78, 5) is 19.4. The molecule has 4 N–H and O–H groups in total. The van der Waals surface area contributed by atoms with Crippen LogP contribution in [0.4, 0.5) is 5.69 Å². The van der Waals surface area contributed by atoms with Crippen LogP contribution in [0.5, 0.6) is 0 Å². The van der Waals surface area contributed by atoms with Gasteiger partial charge < -0.3 is 11.1 Å². The zero-order chi connectivity index (χ0) is 12.3. The topological polar surface area (TPSA) is 110 Å². The number of carbonyl (C=O) groups excluding carboxylic acids is 1.